The van der Waals surface area contributed by atoms with E-state index in [1.54, 1.807) is 0 Å². The summed E-state index contributed by atoms with van der Waals surface area (Å²) >= 11 is 0. The molecule has 0 saturated carbocycles. The summed E-state index contributed by atoms with van der Waals surface area (Å²) in [6, 6.07) is 0. The van der Waals surface area contributed by atoms with Crippen LogP contribution in [0.2, 0.25) is 0 Å². The van der Waals surface area contributed by atoms with E-state index >= 15 is 0 Å². The Morgan fingerprint density at radius 3 is 3.11 bits per heavy atom. The highest BCUT2D eigenvalue weighted by Gasteiger charge is 1.97. The summed E-state index contributed by atoms with van der Waals surface area (Å²) in [5.41, 5.74) is 1.31. The zero-order valence-electron chi connectivity index (χ0n) is 5.21. The van der Waals surface area contributed by atoms with Gasteiger partial charge in [-0.1, -0.05) is 29.0 Å². The van der Waals surface area contributed by atoms with Crippen molar-refractivity contribution in [2.24, 2.45) is 5.18 Å². The van der Waals surface area contributed by atoms with Gasteiger partial charge in [0.25, 0.3) is 0 Å². The van der Waals surface area contributed by atoms with E-state index in [-0.39, 0.29) is 0 Å². The van der Waals surface area contributed by atoms with Crippen molar-refractivity contribution in [2.75, 3.05) is 6.54 Å². The Morgan fingerprint density at radius 1 is 1.67 bits per heavy atom. The van der Waals surface area contributed by atoms with Crippen molar-refractivity contribution < 1.29 is 0 Å². The van der Waals surface area contributed by atoms with Gasteiger partial charge < -0.3 is 0 Å². The van der Waals surface area contributed by atoms with E-state index in [0.717, 1.165) is 12.8 Å². The lowest BCUT2D eigenvalue weighted by Crippen LogP contribution is -1.81. The SMILES string of the molecule is O=NCCC1=CC=CC1. The summed E-state index contributed by atoms with van der Waals surface area (Å²) in [5, 5.41) is 2.78. The van der Waals surface area contributed by atoms with Crippen LogP contribution in [0.5, 0.6) is 0 Å². The molecule has 0 N–H and O–H groups in total. The third-order valence-corrected chi connectivity index (χ3v) is 1.37. The normalized spacial score (nSPS) is 15.8. The van der Waals surface area contributed by atoms with E-state index in [2.05, 4.69) is 11.3 Å². The van der Waals surface area contributed by atoms with Crippen LogP contribution in [0.25, 0.3) is 0 Å². The summed E-state index contributed by atoms with van der Waals surface area (Å²) in [4.78, 5) is 9.66. The predicted octanol–water partition coefficient (Wildman–Crippen LogP) is 2.03. The van der Waals surface area contributed by atoms with Crippen LogP contribution in [0.3, 0.4) is 0 Å². The Hall–Kier alpha value is -0.920. The minimum absolute atomic E-state index is 0.424. The van der Waals surface area contributed by atoms with Crippen LogP contribution < -0.4 is 0 Å². The molecule has 0 radical (unpaired) electrons. The highest BCUT2D eigenvalue weighted by Crippen LogP contribution is 2.13. The van der Waals surface area contributed by atoms with Gasteiger partial charge in [-0.25, -0.2) is 0 Å². The van der Waals surface area contributed by atoms with Crippen LogP contribution in [0.15, 0.2) is 29.0 Å². The lowest BCUT2D eigenvalue weighted by Gasteiger charge is -1.92. The molecule has 0 heterocycles. The second-order valence-corrected chi connectivity index (χ2v) is 2.06. The molecule has 0 aromatic rings. The van der Waals surface area contributed by atoms with Crippen LogP contribution >= 0.6 is 0 Å². The maximum Gasteiger partial charge on any atom is 0.0848 e. The summed E-state index contributed by atoms with van der Waals surface area (Å²) in [6.45, 7) is 0.424. The van der Waals surface area contributed by atoms with E-state index in [1.165, 1.54) is 5.57 Å². The first-order chi connectivity index (χ1) is 4.43. The molecule has 0 aliphatic heterocycles. The molecular formula is C7H9NO. The monoisotopic (exact) mass is 123 g/mol. The van der Waals surface area contributed by atoms with Crippen LogP contribution in [0, 0.1) is 4.91 Å². The van der Waals surface area contributed by atoms with Gasteiger partial charge in [0.1, 0.15) is 0 Å². The van der Waals surface area contributed by atoms with Gasteiger partial charge in [0.15, 0.2) is 0 Å². The standard InChI is InChI=1S/C7H9NO/c9-8-6-5-7-3-1-2-4-7/h1-3H,4-6H2. The van der Waals surface area contributed by atoms with Gasteiger partial charge in [-0.15, -0.1) is 0 Å². The first-order valence-electron chi connectivity index (χ1n) is 3.07. The number of allylic oxidation sites excluding steroid dienone is 3. The number of rotatable bonds is 3. The fourth-order valence-electron chi connectivity index (χ4n) is 0.866. The molecule has 0 bridgehead atoms. The lowest BCUT2D eigenvalue weighted by atomic mass is 10.2. The summed E-state index contributed by atoms with van der Waals surface area (Å²) in [7, 11) is 0. The molecule has 1 rings (SSSR count). The Balaban J connectivity index is 2.21. The molecule has 0 aromatic carbocycles. The lowest BCUT2D eigenvalue weighted by molar-refractivity contribution is 0.923. The molecular weight excluding hydrogens is 114 g/mol. The van der Waals surface area contributed by atoms with Gasteiger partial charge in [0, 0.05) is 0 Å². The third kappa shape index (κ3) is 1.80. The van der Waals surface area contributed by atoms with Crippen LogP contribution in [-0.2, 0) is 0 Å². The molecule has 0 saturated heterocycles. The molecule has 0 fully saturated rings. The molecule has 0 unspecified atom stereocenters. The molecule has 0 amide bonds. The first-order valence-corrected chi connectivity index (χ1v) is 3.07. The average molecular weight is 123 g/mol. The second kappa shape index (κ2) is 3.17. The maximum atomic E-state index is 9.66. The van der Waals surface area contributed by atoms with Gasteiger partial charge in [-0.2, -0.15) is 4.91 Å². The average Bonchev–Trinajstić information content (AvgIpc) is 2.34. The molecule has 0 atom stereocenters. The van der Waals surface area contributed by atoms with Crippen molar-refractivity contribution in [3.8, 4) is 0 Å². The third-order valence-electron chi connectivity index (χ3n) is 1.37. The van der Waals surface area contributed by atoms with E-state index in [1.807, 2.05) is 12.2 Å². The first kappa shape index (κ1) is 6.20. The Bertz CT molecular complexity index is 158. The van der Waals surface area contributed by atoms with Crippen LogP contribution in [0.4, 0.5) is 0 Å². The molecule has 1 aliphatic carbocycles. The van der Waals surface area contributed by atoms with Crippen LogP contribution in [0.1, 0.15) is 12.8 Å². The molecule has 0 spiro atoms. The Kier molecular flexibility index (Phi) is 2.19. The zero-order chi connectivity index (χ0) is 6.53. The summed E-state index contributed by atoms with van der Waals surface area (Å²) < 4.78 is 0. The zero-order valence-corrected chi connectivity index (χ0v) is 5.21. The summed E-state index contributed by atoms with van der Waals surface area (Å²) in [5.74, 6) is 0. The maximum absolute atomic E-state index is 9.66. The van der Waals surface area contributed by atoms with E-state index < -0.39 is 0 Å². The number of nitrogens with zero attached hydrogens (tertiary/aromatic N) is 1. The molecule has 1 aliphatic rings. The minimum Gasteiger partial charge on any atom is -0.151 e. The fraction of sp³-hybridized carbons (Fsp3) is 0.429. The molecule has 0 aromatic heterocycles. The second-order valence-electron chi connectivity index (χ2n) is 2.06. The van der Waals surface area contributed by atoms with E-state index in [9.17, 15) is 4.91 Å². The largest absolute Gasteiger partial charge is 0.151 e. The molecule has 2 nitrogen and oxygen atoms in total. The fourth-order valence-corrected chi connectivity index (χ4v) is 0.866. The summed E-state index contributed by atoms with van der Waals surface area (Å²) in [6.07, 6.45) is 7.98. The number of hydrogen-bond donors (Lipinski definition) is 0. The van der Waals surface area contributed by atoms with Crippen molar-refractivity contribution in [1.29, 1.82) is 0 Å². The van der Waals surface area contributed by atoms with Crippen LogP contribution in [-0.4, -0.2) is 6.54 Å². The van der Waals surface area contributed by atoms with E-state index in [0.29, 0.717) is 6.54 Å². The van der Waals surface area contributed by atoms with Crippen molar-refractivity contribution >= 4 is 0 Å². The highest BCUT2D eigenvalue weighted by atomic mass is 16.3. The smallest absolute Gasteiger partial charge is 0.0848 e. The van der Waals surface area contributed by atoms with Gasteiger partial charge in [-0.05, 0) is 12.8 Å². The van der Waals surface area contributed by atoms with E-state index in [4.69, 9.17) is 0 Å². The Labute approximate surface area is 54.2 Å². The van der Waals surface area contributed by atoms with Crippen molar-refractivity contribution in [3.05, 3.63) is 28.7 Å². The van der Waals surface area contributed by atoms with Gasteiger partial charge in [0.05, 0.1) is 6.54 Å². The molecule has 48 valence electrons. The quantitative estimate of drug-likeness (QED) is 0.528. The van der Waals surface area contributed by atoms with Crippen molar-refractivity contribution in [2.45, 2.75) is 12.8 Å². The number of nitroso groups, excluding NO2 is 1. The van der Waals surface area contributed by atoms with Crippen molar-refractivity contribution in [3.63, 3.8) is 0 Å². The highest BCUT2D eigenvalue weighted by molar-refractivity contribution is 5.22. The predicted molar refractivity (Wildman–Crippen MR) is 37.1 cm³/mol. The number of hydrogen-bond acceptors (Lipinski definition) is 2. The Morgan fingerprint density at radius 2 is 2.56 bits per heavy atom. The molecule has 9 heavy (non-hydrogen) atoms. The van der Waals surface area contributed by atoms with Gasteiger partial charge >= 0.3 is 0 Å². The van der Waals surface area contributed by atoms with Crippen molar-refractivity contribution in [1.82, 2.24) is 0 Å². The molecule has 2 heteroatoms. The van der Waals surface area contributed by atoms with Gasteiger partial charge in [-0.3, -0.25) is 0 Å². The minimum atomic E-state index is 0.424. The van der Waals surface area contributed by atoms with Gasteiger partial charge in [0.2, 0.25) is 0 Å². The topological polar surface area (TPSA) is 29.4 Å².